The Labute approximate surface area is 172 Å². The third-order valence-corrected chi connectivity index (χ3v) is 6.43. The lowest BCUT2D eigenvalue weighted by Crippen LogP contribution is -2.70. The monoisotopic (exact) mass is 397 g/mol. The van der Waals surface area contributed by atoms with Gasteiger partial charge in [0.25, 0.3) is 5.91 Å². The van der Waals surface area contributed by atoms with Gasteiger partial charge in [-0.15, -0.1) is 0 Å². The highest BCUT2D eigenvalue weighted by molar-refractivity contribution is 5.98. The standard InChI is InChI=1S/C22H31N5O2/c1-13(2)20-24-25-21-22(29)26(17-7-5-6-8-18(17)27(20)21)12-19(28)23-16-10-9-14(3)15(4)11-16/h9-11,13,17-18,21,25H,5-8,12H2,1-4H3,(H,23,28). The average Bonchev–Trinajstić information content (AvgIpc) is 3.14. The first kappa shape index (κ1) is 19.7. The quantitative estimate of drug-likeness (QED) is 0.819. The molecular weight excluding hydrogens is 366 g/mol. The second-order valence-corrected chi connectivity index (χ2v) is 8.80. The van der Waals surface area contributed by atoms with E-state index in [0.717, 1.165) is 42.8 Å². The topological polar surface area (TPSA) is 77.0 Å². The molecule has 2 fully saturated rings. The maximum absolute atomic E-state index is 13.3. The van der Waals surface area contributed by atoms with Crippen LogP contribution in [0.3, 0.4) is 0 Å². The molecule has 4 rings (SSSR count). The molecule has 2 aliphatic heterocycles. The predicted molar refractivity (Wildman–Crippen MR) is 113 cm³/mol. The molecule has 1 saturated heterocycles. The van der Waals surface area contributed by atoms with E-state index >= 15 is 0 Å². The van der Waals surface area contributed by atoms with Gasteiger partial charge in [0.05, 0.1) is 12.1 Å². The number of hydrogen-bond acceptors (Lipinski definition) is 5. The molecule has 7 heteroatoms. The van der Waals surface area contributed by atoms with E-state index in [2.05, 4.69) is 34.6 Å². The highest BCUT2D eigenvalue weighted by Gasteiger charge is 2.51. The van der Waals surface area contributed by atoms with Gasteiger partial charge in [-0.25, -0.2) is 0 Å². The van der Waals surface area contributed by atoms with E-state index in [-0.39, 0.29) is 36.4 Å². The van der Waals surface area contributed by atoms with E-state index in [1.807, 2.05) is 32.0 Å². The summed E-state index contributed by atoms with van der Waals surface area (Å²) in [4.78, 5) is 30.1. The summed E-state index contributed by atoms with van der Waals surface area (Å²) in [5.74, 6) is 1.01. The van der Waals surface area contributed by atoms with Crippen molar-refractivity contribution in [3.63, 3.8) is 0 Å². The number of carbonyl (C=O) groups excluding carboxylic acids is 2. The van der Waals surface area contributed by atoms with Crippen LogP contribution in [0.1, 0.15) is 50.7 Å². The second kappa shape index (κ2) is 7.69. The fraction of sp³-hybridized carbons (Fsp3) is 0.591. The molecular formula is C22H31N5O2. The van der Waals surface area contributed by atoms with E-state index in [1.165, 1.54) is 5.56 Å². The van der Waals surface area contributed by atoms with Gasteiger partial charge in [0, 0.05) is 11.6 Å². The predicted octanol–water partition coefficient (Wildman–Crippen LogP) is 2.60. The summed E-state index contributed by atoms with van der Waals surface area (Å²) in [7, 11) is 0. The van der Waals surface area contributed by atoms with Crippen LogP contribution in [0.5, 0.6) is 0 Å². The summed E-state index contributed by atoms with van der Waals surface area (Å²) in [6.07, 6.45) is 3.70. The van der Waals surface area contributed by atoms with E-state index < -0.39 is 6.17 Å². The number of fused-ring (bicyclic) bond motifs is 3. The number of amides is 2. The molecule has 0 radical (unpaired) electrons. The number of hydrogen-bond donors (Lipinski definition) is 2. The Morgan fingerprint density at radius 1 is 1.21 bits per heavy atom. The minimum atomic E-state index is -0.485. The van der Waals surface area contributed by atoms with Crippen LogP contribution in [0.2, 0.25) is 0 Å². The zero-order valence-corrected chi connectivity index (χ0v) is 17.7. The summed E-state index contributed by atoms with van der Waals surface area (Å²) in [6.45, 7) is 8.36. The molecule has 0 aromatic heterocycles. The van der Waals surface area contributed by atoms with E-state index in [1.54, 1.807) is 4.90 Å². The van der Waals surface area contributed by atoms with Crippen molar-refractivity contribution in [2.24, 2.45) is 11.0 Å². The maximum Gasteiger partial charge on any atom is 0.268 e. The molecule has 2 amide bonds. The van der Waals surface area contributed by atoms with Gasteiger partial charge in [-0.3, -0.25) is 15.0 Å². The van der Waals surface area contributed by atoms with E-state index in [0.29, 0.717) is 0 Å². The van der Waals surface area contributed by atoms with Gasteiger partial charge in [-0.2, -0.15) is 5.10 Å². The summed E-state index contributed by atoms with van der Waals surface area (Å²) in [5.41, 5.74) is 6.12. The Hall–Kier alpha value is -2.57. The van der Waals surface area contributed by atoms with Crippen molar-refractivity contribution < 1.29 is 9.59 Å². The van der Waals surface area contributed by atoms with Gasteiger partial charge >= 0.3 is 0 Å². The molecule has 3 aliphatic rings. The van der Waals surface area contributed by atoms with Crippen molar-refractivity contribution in [3.05, 3.63) is 29.3 Å². The largest absolute Gasteiger partial charge is 0.325 e. The van der Waals surface area contributed by atoms with Crippen molar-refractivity contribution in [3.8, 4) is 0 Å². The van der Waals surface area contributed by atoms with Crippen LogP contribution in [-0.2, 0) is 9.59 Å². The number of carbonyl (C=O) groups is 2. The number of nitrogens with one attached hydrogen (secondary N) is 2. The van der Waals surface area contributed by atoms with Crippen molar-refractivity contribution in [1.29, 1.82) is 0 Å². The summed E-state index contributed by atoms with van der Waals surface area (Å²) >= 11 is 0. The molecule has 29 heavy (non-hydrogen) atoms. The Morgan fingerprint density at radius 3 is 2.62 bits per heavy atom. The third-order valence-electron chi connectivity index (χ3n) is 6.43. The molecule has 3 unspecified atom stereocenters. The Balaban J connectivity index is 1.52. The molecule has 1 saturated carbocycles. The second-order valence-electron chi connectivity index (χ2n) is 8.80. The number of amidine groups is 1. The number of benzene rings is 1. The first-order valence-corrected chi connectivity index (χ1v) is 10.7. The summed E-state index contributed by atoms with van der Waals surface area (Å²) in [6, 6.07) is 6.15. The molecule has 0 bridgehead atoms. The number of aryl methyl sites for hydroxylation is 2. The number of anilines is 1. The van der Waals surface area contributed by atoms with Gasteiger partial charge < -0.3 is 15.1 Å². The van der Waals surface area contributed by atoms with E-state index in [4.69, 9.17) is 0 Å². The normalized spacial score (nSPS) is 26.0. The molecule has 2 N–H and O–H groups in total. The SMILES string of the molecule is Cc1ccc(NC(=O)CN2C(=O)C3NN=C(C(C)C)N3C3CCCCC32)cc1C. The number of rotatable bonds is 4. The Kier molecular flexibility index (Phi) is 5.23. The van der Waals surface area contributed by atoms with Crippen molar-refractivity contribution in [1.82, 2.24) is 15.2 Å². The zero-order valence-electron chi connectivity index (χ0n) is 17.7. The Morgan fingerprint density at radius 2 is 1.93 bits per heavy atom. The van der Waals surface area contributed by atoms with Gasteiger partial charge in [0.2, 0.25) is 5.91 Å². The van der Waals surface area contributed by atoms with Gasteiger partial charge in [0.1, 0.15) is 12.4 Å². The molecule has 0 spiro atoms. The fourth-order valence-electron chi connectivity index (χ4n) is 4.81. The fourth-order valence-corrected chi connectivity index (χ4v) is 4.81. The highest BCUT2D eigenvalue weighted by atomic mass is 16.2. The van der Waals surface area contributed by atoms with Crippen molar-refractivity contribution in [2.75, 3.05) is 11.9 Å². The third kappa shape index (κ3) is 3.58. The van der Waals surface area contributed by atoms with Crippen LogP contribution in [0.25, 0.3) is 0 Å². The summed E-state index contributed by atoms with van der Waals surface area (Å²) in [5, 5.41) is 7.43. The smallest absolute Gasteiger partial charge is 0.268 e. The zero-order chi connectivity index (χ0) is 20.7. The molecule has 1 aromatic rings. The lowest BCUT2D eigenvalue weighted by Gasteiger charge is -2.51. The molecule has 1 aromatic carbocycles. The minimum absolute atomic E-state index is 0.0530. The summed E-state index contributed by atoms with van der Waals surface area (Å²) < 4.78 is 0. The number of nitrogens with zero attached hydrogens (tertiary/aromatic N) is 3. The van der Waals surface area contributed by atoms with Crippen LogP contribution in [0, 0.1) is 19.8 Å². The number of piperazine rings is 1. The average molecular weight is 398 g/mol. The van der Waals surface area contributed by atoms with Crippen molar-refractivity contribution >= 4 is 23.3 Å². The molecule has 3 atom stereocenters. The van der Waals surface area contributed by atoms with Crippen molar-refractivity contribution in [2.45, 2.75) is 71.6 Å². The van der Waals surface area contributed by atoms with Crippen LogP contribution in [0.15, 0.2) is 23.3 Å². The van der Waals surface area contributed by atoms with Crippen LogP contribution < -0.4 is 10.7 Å². The van der Waals surface area contributed by atoms with Gasteiger partial charge in [-0.05, 0) is 49.9 Å². The van der Waals surface area contributed by atoms with Crippen LogP contribution in [-0.4, -0.2) is 52.2 Å². The first-order chi connectivity index (χ1) is 13.9. The molecule has 2 heterocycles. The molecule has 156 valence electrons. The molecule has 1 aliphatic carbocycles. The number of hydrazone groups is 1. The highest BCUT2D eigenvalue weighted by Crippen LogP contribution is 2.35. The lowest BCUT2D eigenvalue weighted by atomic mass is 9.85. The van der Waals surface area contributed by atoms with Crippen LogP contribution >= 0.6 is 0 Å². The van der Waals surface area contributed by atoms with E-state index in [9.17, 15) is 9.59 Å². The Bertz CT molecular complexity index is 850. The minimum Gasteiger partial charge on any atom is -0.325 e. The molecule has 7 nitrogen and oxygen atoms in total. The van der Waals surface area contributed by atoms with Gasteiger partial charge in [-0.1, -0.05) is 32.8 Å². The lowest BCUT2D eigenvalue weighted by molar-refractivity contribution is -0.151. The van der Waals surface area contributed by atoms with Gasteiger partial charge in [0.15, 0.2) is 6.17 Å². The van der Waals surface area contributed by atoms with Crippen LogP contribution in [0.4, 0.5) is 5.69 Å². The first-order valence-electron chi connectivity index (χ1n) is 10.7. The maximum atomic E-state index is 13.3.